The van der Waals surface area contributed by atoms with E-state index in [1.54, 1.807) is 12.1 Å². The summed E-state index contributed by atoms with van der Waals surface area (Å²) in [5.74, 6) is -0.480. The first-order valence-corrected chi connectivity index (χ1v) is 6.24. The Morgan fingerprint density at radius 3 is 2.84 bits per heavy atom. The third kappa shape index (κ3) is 2.42. The van der Waals surface area contributed by atoms with Gasteiger partial charge in [-0.1, -0.05) is 6.07 Å². The second-order valence-electron chi connectivity index (χ2n) is 4.51. The van der Waals surface area contributed by atoms with E-state index in [1.165, 1.54) is 6.07 Å². The summed E-state index contributed by atoms with van der Waals surface area (Å²) in [4.78, 5) is 10.9. The molecule has 1 fully saturated rings. The summed E-state index contributed by atoms with van der Waals surface area (Å²) in [7, 11) is 0. The van der Waals surface area contributed by atoms with E-state index in [0.29, 0.717) is 29.9 Å². The number of aromatic carboxylic acids is 1. The highest BCUT2D eigenvalue weighted by molar-refractivity contribution is 5.93. The normalized spacial score (nSPS) is 16.6. The van der Waals surface area contributed by atoms with Crippen molar-refractivity contribution in [1.29, 1.82) is 0 Å². The Hall–Kier alpha value is -2.01. The van der Waals surface area contributed by atoms with Crippen molar-refractivity contribution < 1.29 is 23.8 Å². The number of rotatable bonds is 3. The lowest BCUT2D eigenvalue weighted by Crippen LogP contribution is -2.25. The van der Waals surface area contributed by atoms with Crippen molar-refractivity contribution in [3.05, 3.63) is 30.0 Å². The largest absolute Gasteiger partial charge is 0.489 e. The molecule has 2 heterocycles. The van der Waals surface area contributed by atoms with Crippen molar-refractivity contribution >= 4 is 16.9 Å². The zero-order valence-corrected chi connectivity index (χ0v) is 10.3. The molecule has 1 saturated heterocycles. The second-order valence-corrected chi connectivity index (χ2v) is 4.51. The molecule has 1 aromatic heterocycles. The zero-order chi connectivity index (χ0) is 13.2. The van der Waals surface area contributed by atoms with E-state index in [1.807, 2.05) is 6.07 Å². The van der Waals surface area contributed by atoms with Crippen LogP contribution in [-0.4, -0.2) is 30.4 Å². The van der Waals surface area contributed by atoms with Crippen LogP contribution in [0.25, 0.3) is 11.0 Å². The highest BCUT2D eigenvalue weighted by atomic mass is 16.5. The van der Waals surface area contributed by atoms with Gasteiger partial charge in [0.1, 0.15) is 17.4 Å². The first-order chi connectivity index (χ1) is 9.24. The van der Waals surface area contributed by atoms with E-state index in [4.69, 9.17) is 19.0 Å². The maximum absolute atomic E-state index is 10.9. The Morgan fingerprint density at radius 1 is 1.32 bits per heavy atom. The number of fused-ring (bicyclic) bond motifs is 1. The third-order valence-corrected chi connectivity index (χ3v) is 3.19. The highest BCUT2D eigenvalue weighted by Crippen LogP contribution is 2.30. The molecule has 2 aromatic rings. The molecule has 1 N–H and O–H groups in total. The fourth-order valence-electron chi connectivity index (χ4n) is 2.22. The van der Waals surface area contributed by atoms with Gasteiger partial charge in [0.2, 0.25) is 5.76 Å². The van der Waals surface area contributed by atoms with Gasteiger partial charge in [-0.05, 0) is 12.1 Å². The highest BCUT2D eigenvalue weighted by Gasteiger charge is 2.18. The van der Waals surface area contributed by atoms with Gasteiger partial charge in [-0.25, -0.2) is 4.79 Å². The SMILES string of the molecule is O=C(O)c1cc2c(OC3CCOCC3)cccc2o1. The molecule has 5 heteroatoms. The van der Waals surface area contributed by atoms with Gasteiger partial charge in [0.25, 0.3) is 0 Å². The predicted octanol–water partition coefficient (Wildman–Crippen LogP) is 2.69. The third-order valence-electron chi connectivity index (χ3n) is 3.19. The molecule has 3 rings (SSSR count). The van der Waals surface area contributed by atoms with Crippen molar-refractivity contribution in [2.45, 2.75) is 18.9 Å². The van der Waals surface area contributed by atoms with Crippen molar-refractivity contribution in [1.82, 2.24) is 0 Å². The number of ether oxygens (including phenoxy) is 2. The smallest absolute Gasteiger partial charge is 0.371 e. The lowest BCUT2D eigenvalue weighted by molar-refractivity contribution is 0.0262. The first-order valence-electron chi connectivity index (χ1n) is 6.24. The molecular weight excluding hydrogens is 248 g/mol. The van der Waals surface area contributed by atoms with Crippen LogP contribution < -0.4 is 4.74 Å². The Bertz CT molecular complexity index is 595. The van der Waals surface area contributed by atoms with Crippen molar-refractivity contribution in [3.63, 3.8) is 0 Å². The van der Waals surface area contributed by atoms with E-state index in [0.717, 1.165) is 12.8 Å². The quantitative estimate of drug-likeness (QED) is 0.921. The maximum atomic E-state index is 10.9. The number of furan rings is 1. The molecule has 5 nitrogen and oxygen atoms in total. The number of carbonyl (C=O) groups is 1. The molecule has 1 aliphatic heterocycles. The molecule has 0 amide bonds. The van der Waals surface area contributed by atoms with Crippen LogP contribution >= 0.6 is 0 Å². The van der Waals surface area contributed by atoms with E-state index in [9.17, 15) is 4.79 Å². The Kier molecular flexibility index (Phi) is 3.13. The summed E-state index contributed by atoms with van der Waals surface area (Å²) in [6, 6.07) is 6.87. The zero-order valence-electron chi connectivity index (χ0n) is 10.3. The number of carboxylic acids is 1. The Morgan fingerprint density at radius 2 is 2.11 bits per heavy atom. The van der Waals surface area contributed by atoms with Crippen LogP contribution in [0.5, 0.6) is 5.75 Å². The van der Waals surface area contributed by atoms with E-state index in [-0.39, 0.29) is 11.9 Å². The molecule has 0 spiro atoms. The molecule has 0 unspecified atom stereocenters. The van der Waals surface area contributed by atoms with Gasteiger partial charge in [-0.2, -0.15) is 0 Å². The molecule has 1 aliphatic rings. The number of hydrogen-bond acceptors (Lipinski definition) is 4. The topological polar surface area (TPSA) is 68.9 Å². The van der Waals surface area contributed by atoms with Crippen molar-refractivity contribution in [2.75, 3.05) is 13.2 Å². The molecule has 0 bridgehead atoms. The lowest BCUT2D eigenvalue weighted by atomic mass is 10.1. The van der Waals surface area contributed by atoms with Crippen LogP contribution in [-0.2, 0) is 4.74 Å². The summed E-state index contributed by atoms with van der Waals surface area (Å²) in [5.41, 5.74) is 0.530. The minimum Gasteiger partial charge on any atom is -0.489 e. The van der Waals surface area contributed by atoms with Crippen molar-refractivity contribution in [3.8, 4) is 5.75 Å². The van der Waals surface area contributed by atoms with E-state index >= 15 is 0 Å². The summed E-state index contributed by atoms with van der Waals surface area (Å²) in [6.45, 7) is 1.40. The minimum atomic E-state index is -1.08. The monoisotopic (exact) mass is 262 g/mol. The number of carboxylic acid groups (broad SMARTS) is 1. The molecule has 100 valence electrons. The summed E-state index contributed by atoms with van der Waals surface area (Å²) >= 11 is 0. The van der Waals surface area contributed by atoms with Crippen LogP contribution in [0.1, 0.15) is 23.4 Å². The molecule has 0 aliphatic carbocycles. The fraction of sp³-hybridized carbons (Fsp3) is 0.357. The Balaban J connectivity index is 1.91. The van der Waals surface area contributed by atoms with Crippen LogP contribution in [0.4, 0.5) is 0 Å². The molecule has 19 heavy (non-hydrogen) atoms. The number of hydrogen-bond donors (Lipinski definition) is 1. The van der Waals surface area contributed by atoms with Gasteiger partial charge in [0.05, 0.1) is 18.6 Å². The van der Waals surface area contributed by atoms with Crippen LogP contribution in [0.15, 0.2) is 28.7 Å². The molecule has 0 saturated carbocycles. The van der Waals surface area contributed by atoms with Gasteiger partial charge in [-0.3, -0.25) is 0 Å². The molecule has 0 radical (unpaired) electrons. The van der Waals surface area contributed by atoms with Gasteiger partial charge >= 0.3 is 5.97 Å². The molecule has 0 atom stereocenters. The fourth-order valence-corrected chi connectivity index (χ4v) is 2.22. The lowest BCUT2D eigenvalue weighted by Gasteiger charge is -2.23. The van der Waals surface area contributed by atoms with Gasteiger partial charge in [-0.15, -0.1) is 0 Å². The van der Waals surface area contributed by atoms with Gasteiger partial charge < -0.3 is 19.0 Å². The molecular formula is C14H14O5. The van der Waals surface area contributed by atoms with Gasteiger partial charge in [0, 0.05) is 18.9 Å². The van der Waals surface area contributed by atoms with Crippen LogP contribution in [0, 0.1) is 0 Å². The summed E-state index contributed by atoms with van der Waals surface area (Å²) in [5, 5.41) is 9.65. The van der Waals surface area contributed by atoms with Gasteiger partial charge in [0.15, 0.2) is 0 Å². The average Bonchev–Trinajstić information content (AvgIpc) is 2.85. The Labute approximate surface area is 109 Å². The molecule has 1 aromatic carbocycles. The second kappa shape index (κ2) is 4.93. The maximum Gasteiger partial charge on any atom is 0.371 e. The minimum absolute atomic E-state index is 0.0713. The summed E-state index contributed by atoms with van der Waals surface area (Å²) in [6.07, 6.45) is 1.81. The first kappa shape index (κ1) is 12.0. The van der Waals surface area contributed by atoms with E-state index < -0.39 is 5.97 Å². The van der Waals surface area contributed by atoms with E-state index in [2.05, 4.69) is 0 Å². The average molecular weight is 262 g/mol. The predicted molar refractivity (Wildman–Crippen MR) is 67.6 cm³/mol. The van der Waals surface area contributed by atoms with Crippen molar-refractivity contribution in [2.24, 2.45) is 0 Å². The number of benzene rings is 1. The van der Waals surface area contributed by atoms with Crippen LogP contribution in [0.3, 0.4) is 0 Å². The summed E-state index contributed by atoms with van der Waals surface area (Å²) < 4.78 is 16.5. The standard InChI is InChI=1S/C14H14O5/c15-14(16)13-8-10-11(2-1-3-12(10)19-13)18-9-4-6-17-7-5-9/h1-3,8-9H,4-7H2,(H,15,16). The van der Waals surface area contributed by atoms with Crippen LogP contribution in [0.2, 0.25) is 0 Å².